The molecule has 1 heterocycles. The lowest BCUT2D eigenvalue weighted by molar-refractivity contribution is -0.144. The number of phenols is 1. The van der Waals surface area contributed by atoms with Gasteiger partial charge < -0.3 is 31.5 Å². The number of hydrogen-bond acceptors (Lipinski definition) is 6. The number of carboxylic acid groups (broad SMARTS) is 1. The summed E-state index contributed by atoms with van der Waals surface area (Å²) < 4.78 is 0. The van der Waals surface area contributed by atoms with Crippen LogP contribution in [-0.2, 0) is 25.6 Å². The van der Waals surface area contributed by atoms with E-state index in [1.807, 2.05) is 6.92 Å². The van der Waals surface area contributed by atoms with Crippen LogP contribution in [0.1, 0.15) is 52.5 Å². The van der Waals surface area contributed by atoms with Gasteiger partial charge in [0.25, 0.3) is 0 Å². The summed E-state index contributed by atoms with van der Waals surface area (Å²) in [6.45, 7) is 7.48. The van der Waals surface area contributed by atoms with Crippen LogP contribution < -0.4 is 16.4 Å². The Morgan fingerprint density at radius 1 is 1.09 bits per heavy atom. The van der Waals surface area contributed by atoms with Crippen molar-refractivity contribution in [1.29, 1.82) is 0 Å². The van der Waals surface area contributed by atoms with Crippen molar-refractivity contribution in [3.05, 3.63) is 29.8 Å². The van der Waals surface area contributed by atoms with E-state index in [0.717, 1.165) is 5.56 Å². The second-order valence-corrected chi connectivity index (χ2v) is 9.61. The van der Waals surface area contributed by atoms with Crippen molar-refractivity contribution in [3.8, 4) is 5.75 Å². The molecule has 1 aromatic carbocycles. The first kappa shape index (κ1) is 28.1. The second kappa shape index (κ2) is 12.5. The molecule has 0 aliphatic carbocycles. The molecule has 5 unspecified atom stereocenters. The van der Waals surface area contributed by atoms with Crippen LogP contribution in [0.5, 0.6) is 5.75 Å². The number of hydrogen-bond donors (Lipinski definition) is 5. The molecule has 10 heteroatoms. The number of aromatic hydroxyl groups is 1. The highest BCUT2D eigenvalue weighted by Crippen LogP contribution is 2.20. The van der Waals surface area contributed by atoms with Gasteiger partial charge in [-0.15, -0.1) is 0 Å². The third-order valence-electron chi connectivity index (χ3n) is 6.57. The zero-order chi connectivity index (χ0) is 26.3. The summed E-state index contributed by atoms with van der Waals surface area (Å²) >= 11 is 0. The van der Waals surface area contributed by atoms with E-state index < -0.39 is 42.0 Å². The number of carboxylic acids is 1. The van der Waals surface area contributed by atoms with Gasteiger partial charge in [0.1, 0.15) is 23.9 Å². The molecule has 1 aliphatic rings. The molecular weight excluding hydrogens is 452 g/mol. The Kier molecular flexibility index (Phi) is 10.1. The summed E-state index contributed by atoms with van der Waals surface area (Å²) in [5, 5.41) is 24.2. The van der Waals surface area contributed by atoms with E-state index in [4.69, 9.17) is 5.73 Å². The highest BCUT2D eigenvalue weighted by atomic mass is 16.4. The van der Waals surface area contributed by atoms with Gasteiger partial charge in [-0.2, -0.15) is 0 Å². The van der Waals surface area contributed by atoms with E-state index in [-0.39, 0.29) is 29.9 Å². The number of carbonyl (C=O) groups is 4. The molecule has 0 spiro atoms. The Morgan fingerprint density at radius 3 is 2.26 bits per heavy atom. The minimum Gasteiger partial charge on any atom is -0.508 e. The van der Waals surface area contributed by atoms with Gasteiger partial charge in [-0.3, -0.25) is 14.4 Å². The number of nitrogens with zero attached hydrogens (tertiary/aromatic N) is 1. The zero-order valence-electron chi connectivity index (χ0n) is 20.9. The van der Waals surface area contributed by atoms with Crippen molar-refractivity contribution in [2.24, 2.45) is 17.6 Å². The summed E-state index contributed by atoms with van der Waals surface area (Å²) in [7, 11) is 0. The van der Waals surface area contributed by atoms with Crippen molar-refractivity contribution in [2.45, 2.75) is 77.5 Å². The maximum Gasteiger partial charge on any atom is 0.326 e. The lowest BCUT2D eigenvalue weighted by Crippen LogP contribution is -2.58. The Hall–Kier alpha value is -3.14. The van der Waals surface area contributed by atoms with E-state index in [0.29, 0.717) is 25.8 Å². The van der Waals surface area contributed by atoms with Crippen molar-refractivity contribution in [2.75, 3.05) is 6.54 Å². The van der Waals surface area contributed by atoms with Gasteiger partial charge in [-0.05, 0) is 48.8 Å². The largest absolute Gasteiger partial charge is 0.508 e. The number of phenolic OH excluding ortho intramolecular Hbond substituents is 1. The van der Waals surface area contributed by atoms with Crippen molar-refractivity contribution < 1.29 is 29.4 Å². The number of rotatable bonds is 11. The lowest BCUT2D eigenvalue weighted by atomic mass is 9.97. The Morgan fingerprint density at radius 2 is 1.71 bits per heavy atom. The number of benzene rings is 1. The molecule has 0 bridgehead atoms. The van der Waals surface area contributed by atoms with Crippen LogP contribution in [-0.4, -0.2) is 69.5 Å². The standard InChI is InChI=1S/C25H38N4O6/c1-5-15(4)21(25(34)35)28-23(32)20(14(2)3)27-22(31)19-7-6-12-29(19)24(33)18(26)13-16-8-10-17(30)11-9-16/h8-11,14-15,18-21,30H,5-7,12-13,26H2,1-4H3,(H,27,31)(H,28,32)(H,34,35). The average Bonchev–Trinajstić information content (AvgIpc) is 3.30. The molecule has 10 nitrogen and oxygen atoms in total. The fraction of sp³-hybridized carbons (Fsp3) is 0.600. The molecule has 5 atom stereocenters. The number of carbonyl (C=O) groups excluding carboxylic acids is 3. The van der Waals surface area contributed by atoms with Crippen LogP contribution in [0.25, 0.3) is 0 Å². The van der Waals surface area contributed by atoms with Crippen molar-refractivity contribution >= 4 is 23.7 Å². The maximum atomic E-state index is 13.1. The molecule has 1 saturated heterocycles. The molecule has 35 heavy (non-hydrogen) atoms. The molecule has 1 aliphatic heterocycles. The Labute approximate surface area is 206 Å². The molecule has 2 rings (SSSR count). The van der Waals surface area contributed by atoms with Gasteiger partial charge >= 0.3 is 5.97 Å². The topological polar surface area (TPSA) is 162 Å². The molecule has 194 valence electrons. The highest BCUT2D eigenvalue weighted by Gasteiger charge is 2.38. The average molecular weight is 491 g/mol. The van der Waals surface area contributed by atoms with Gasteiger partial charge in [0.05, 0.1) is 6.04 Å². The Bertz CT molecular complexity index is 904. The van der Waals surface area contributed by atoms with E-state index in [9.17, 15) is 29.4 Å². The maximum absolute atomic E-state index is 13.1. The monoisotopic (exact) mass is 490 g/mol. The predicted molar refractivity (Wildman–Crippen MR) is 130 cm³/mol. The quantitative estimate of drug-likeness (QED) is 0.309. The normalized spacial score (nSPS) is 19.0. The van der Waals surface area contributed by atoms with E-state index in [1.54, 1.807) is 32.9 Å². The first-order valence-electron chi connectivity index (χ1n) is 12.1. The fourth-order valence-electron chi connectivity index (χ4n) is 4.20. The molecule has 0 saturated carbocycles. The number of amides is 3. The van der Waals surface area contributed by atoms with Crippen molar-refractivity contribution in [1.82, 2.24) is 15.5 Å². The first-order chi connectivity index (χ1) is 16.5. The minimum absolute atomic E-state index is 0.118. The highest BCUT2D eigenvalue weighted by molar-refractivity contribution is 5.94. The van der Waals surface area contributed by atoms with Gasteiger partial charge in [-0.1, -0.05) is 46.2 Å². The van der Waals surface area contributed by atoms with Gasteiger partial charge in [-0.25, -0.2) is 4.79 Å². The van der Waals surface area contributed by atoms with Crippen molar-refractivity contribution in [3.63, 3.8) is 0 Å². The summed E-state index contributed by atoms with van der Waals surface area (Å²) in [6.07, 6.45) is 1.90. The third-order valence-corrected chi connectivity index (χ3v) is 6.57. The molecule has 1 aromatic rings. The van der Waals surface area contributed by atoms with Gasteiger partial charge in [0.2, 0.25) is 17.7 Å². The molecule has 3 amide bonds. The van der Waals surface area contributed by atoms with Crippen LogP contribution in [0.4, 0.5) is 0 Å². The van der Waals surface area contributed by atoms with Crippen LogP contribution in [0, 0.1) is 11.8 Å². The Balaban J connectivity index is 2.07. The smallest absolute Gasteiger partial charge is 0.326 e. The number of nitrogens with two attached hydrogens (primary N) is 1. The molecular formula is C25H38N4O6. The third kappa shape index (κ3) is 7.42. The van der Waals surface area contributed by atoms with Gasteiger partial charge in [0, 0.05) is 6.54 Å². The molecule has 0 radical (unpaired) electrons. The molecule has 0 aromatic heterocycles. The SMILES string of the molecule is CCC(C)C(NC(=O)C(NC(=O)C1CCCN1C(=O)C(N)Cc1ccc(O)cc1)C(C)C)C(=O)O. The minimum atomic E-state index is -1.13. The van der Waals surface area contributed by atoms with E-state index >= 15 is 0 Å². The predicted octanol–water partition coefficient (Wildman–Crippen LogP) is 1.01. The number of likely N-dealkylation sites (tertiary alicyclic amines) is 1. The number of nitrogens with one attached hydrogen (secondary N) is 2. The first-order valence-corrected chi connectivity index (χ1v) is 12.1. The van der Waals surface area contributed by atoms with Crippen LogP contribution in [0.3, 0.4) is 0 Å². The summed E-state index contributed by atoms with van der Waals surface area (Å²) in [5.74, 6) is -2.98. The molecule has 6 N–H and O–H groups in total. The lowest BCUT2D eigenvalue weighted by Gasteiger charge is -2.30. The zero-order valence-corrected chi connectivity index (χ0v) is 20.9. The summed E-state index contributed by atoms with van der Waals surface area (Å²) in [4.78, 5) is 52.2. The van der Waals surface area contributed by atoms with Gasteiger partial charge in [0.15, 0.2) is 0 Å². The molecule has 1 fully saturated rings. The van der Waals surface area contributed by atoms with Crippen LogP contribution in [0.15, 0.2) is 24.3 Å². The summed E-state index contributed by atoms with van der Waals surface area (Å²) in [5.41, 5.74) is 6.93. The van der Waals surface area contributed by atoms with Crippen LogP contribution in [0.2, 0.25) is 0 Å². The fourth-order valence-corrected chi connectivity index (χ4v) is 4.20. The van der Waals surface area contributed by atoms with Crippen LogP contribution >= 0.6 is 0 Å². The van der Waals surface area contributed by atoms with E-state index in [1.165, 1.54) is 17.0 Å². The second-order valence-electron chi connectivity index (χ2n) is 9.61. The summed E-state index contributed by atoms with van der Waals surface area (Å²) in [6, 6.07) is 2.79. The number of aliphatic carboxylic acids is 1. The van der Waals surface area contributed by atoms with E-state index in [2.05, 4.69) is 10.6 Å².